The molecule has 0 radical (unpaired) electrons. The van der Waals surface area contributed by atoms with Crippen molar-refractivity contribution >= 4 is 68.2 Å². The number of hydrogen-bond donors (Lipinski definition) is 3. The molecule has 0 bridgehead atoms. The average molecular weight is 525 g/mol. The van der Waals surface area contributed by atoms with Crippen molar-refractivity contribution in [2.75, 3.05) is 37.1 Å². The Hall–Kier alpha value is -3.17. The molecule has 0 saturated carbocycles. The number of thiazole rings is 2. The van der Waals surface area contributed by atoms with Crippen molar-refractivity contribution in [2.45, 2.75) is 11.4 Å². The first kappa shape index (κ1) is 24.0. The number of anilines is 2. The predicted molar refractivity (Wildman–Crippen MR) is 129 cm³/mol. The van der Waals surface area contributed by atoms with Crippen molar-refractivity contribution < 1.29 is 28.9 Å². The Labute approximate surface area is 206 Å². The SMILES string of the molecule is CO/N=C(/C(=O)NC1C(=O)N2C(C(=O)O)=C(CN(C)c3scc[n+]3C)CS[C@H]12)c1csc(N)n1. The molecule has 4 rings (SSSR count). The number of aryl methyl sites for hydroxylation is 1. The number of carbonyl (C=O) groups excluding carboxylic acids is 2. The van der Waals surface area contributed by atoms with Crippen LogP contribution in [0.15, 0.2) is 33.4 Å². The van der Waals surface area contributed by atoms with Gasteiger partial charge in [-0.15, -0.1) is 23.1 Å². The molecule has 1 unspecified atom stereocenters. The predicted octanol–water partition coefficient (Wildman–Crippen LogP) is -0.163. The number of rotatable bonds is 8. The minimum absolute atomic E-state index is 0.0386. The topological polar surface area (TPSA) is 154 Å². The number of oxime groups is 1. The second-order valence-electron chi connectivity index (χ2n) is 7.46. The van der Waals surface area contributed by atoms with Gasteiger partial charge in [-0.05, 0) is 0 Å². The zero-order valence-corrected chi connectivity index (χ0v) is 20.9. The molecular weight excluding hydrogens is 502 g/mol. The number of fused-ring (bicyclic) bond motifs is 1. The summed E-state index contributed by atoms with van der Waals surface area (Å²) in [5, 5.41) is 20.4. The Kier molecular flexibility index (Phi) is 6.77. The first-order valence-corrected chi connectivity index (χ1v) is 12.7. The third-order valence-electron chi connectivity index (χ3n) is 5.21. The van der Waals surface area contributed by atoms with E-state index in [1.54, 1.807) is 5.38 Å². The molecule has 15 heteroatoms. The maximum Gasteiger partial charge on any atom is 0.352 e. The fraction of sp³-hybridized carbons (Fsp3) is 0.368. The second kappa shape index (κ2) is 9.60. The van der Waals surface area contributed by atoms with E-state index in [9.17, 15) is 19.5 Å². The molecule has 1 saturated heterocycles. The molecule has 2 aromatic rings. The number of nitrogens with zero attached hydrogens (tertiary/aromatic N) is 5. The minimum Gasteiger partial charge on any atom is -0.477 e. The molecule has 1 fully saturated rings. The van der Waals surface area contributed by atoms with Gasteiger partial charge in [-0.3, -0.25) is 19.4 Å². The van der Waals surface area contributed by atoms with Crippen LogP contribution >= 0.6 is 34.4 Å². The standard InChI is InChI=1S/C19H21N7O5S3/c1-24-4-5-32-19(24)25(2)6-9-7-33-16-12(15(28)26(16)13(9)17(29)30)22-14(27)11(23-31-3)10-8-34-18(20)21-10/h4-5,8,12,16H,6-7H2,1-3H3,(H3-,20,21,22,27,29,30)/p+1/b23-11+/t12?,16-/m1/s1. The summed E-state index contributed by atoms with van der Waals surface area (Å²) in [6.07, 6.45) is 1.92. The highest BCUT2D eigenvalue weighted by Gasteiger charge is 2.54. The number of nitrogens with one attached hydrogen (secondary N) is 1. The molecule has 2 amide bonds. The number of thioether (sulfide) groups is 1. The first-order valence-electron chi connectivity index (χ1n) is 9.90. The van der Waals surface area contributed by atoms with E-state index >= 15 is 0 Å². The second-order valence-corrected chi connectivity index (χ2v) is 10.3. The van der Waals surface area contributed by atoms with Gasteiger partial charge in [0.05, 0.1) is 14.1 Å². The first-order chi connectivity index (χ1) is 16.2. The van der Waals surface area contributed by atoms with E-state index in [1.807, 2.05) is 35.1 Å². The van der Waals surface area contributed by atoms with E-state index in [2.05, 4.69) is 15.5 Å². The molecule has 2 aliphatic rings. The summed E-state index contributed by atoms with van der Waals surface area (Å²) in [7, 11) is 5.07. The van der Waals surface area contributed by atoms with Gasteiger partial charge in [0.15, 0.2) is 10.8 Å². The largest absolute Gasteiger partial charge is 0.477 e. The molecule has 4 N–H and O–H groups in total. The van der Waals surface area contributed by atoms with Gasteiger partial charge < -0.3 is 21.0 Å². The number of carbonyl (C=O) groups is 3. The molecule has 180 valence electrons. The van der Waals surface area contributed by atoms with Crippen LogP contribution in [-0.4, -0.2) is 76.4 Å². The van der Waals surface area contributed by atoms with Crippen LogP contribution in [0.1, 0.15) is 5.69 Å². The van der Waals surface area contributed by atoms with Gasteiger partial charge in [0.2, 0.25) is 0 Å². The number of carboxylic acid groups (broad SMARTS) is 1. The van der Waals surface area contributed by atoms with Gasteiger partial charge in [0, 0.05) is 22.1 Å². The molecular formula is C19H22N7O5S3+. The number of carboxylic acids is 1. The average Bonchev–Trinajstić information content (AvgIpc) is 3.42. The lowest BCUT2D eigenvalue weighted by atomic mass is 10.0. The number of hydrogen-bond acceptors (Lipinski definition) is 11. The van der Waals surface area contributed by atoms with Crippen LogP contribution in [0.2, 0.25) is 0 Å². The number of likely N-dealkylation sites (N-methyl/N-ethyl adjacent to an activating group) is 1. The molecule has 2 aromatic heterocycles. The molecule has 0 aromatic carbocycles. The molecule has 34 heavy (non-hydrogen) atoms. The van der Waals surface area contributed by atoms with Crippen LogP contribution in [0.4, 0.5) is 10.3 Å². The van der Waals surface area contributed by atoms with E-state index in [-0.39, 0.29) is 22.2 Å². The van der Waals surface area contributed by atoms with Crippen molar-refractivity contribution in [3.05, 3.63) is 33.9 Å². The van der Waals surface area contributed by atoms with Gasteiger partial charge in [-0.2, -0.15) is 0 Å². The Morgan fingerprint density at radius 2 is 2.24 bits per heavy atom. The lowest BCUT2D eigenvalue weighted by molar-refractivity contribution is -0.654. The molecule has 0 aliphatic carbocycles. The highest BCUT2D eigenvalue weighted by molar-refractivity contribution is 8.00. The van der Waals surface area contributed by atoms with E-state index in [0.717, 1.165) is 16.5 Å². The third kappa shape index (κ3) is 4.33. The van der Waals surface area contributed by atoms with E-state index in [0.29, 0.717) is 17.9 Å². The summed E-state index contributed by atoms with van der Waals surface area (Å²) >= 11 is 4.07. The van der Waals surface area contributed by atoms with Crippen LogP contribution in [-0.2, 0) is 26.3 Å². The lowest BCUT2D eigenvalue weighted by Gasteiger charge is -2.49. The van der Waals surface area contributed by atoms with Crippen LogP contribution < -0.4 is 20.5 Å². The van der Waals surface area contributed by atoms with Crippen molar-refractivity contribution in [1.82, 2.24) is 15.2 Å². The number of nitrogen functional groups attached to an aromatic ring is 1. The Morgan fingerprint density at radius 1 is 1.47 bits per heavy atom. The number of nitrogens with two attached hydrogens (primary N) is 1. The number of aromatic nitrogens is 2. The summed E-state index contributed by atoms with van der Waals surface area (Å²) in [5.74, 6) is -1.94. The van der Waals surface area contributed by atoms with Crippen LogP contribution in [0, 0.1) is 0 Å². The van der Waals surface area contributed by atoms with Crippen LogP contribution in [0.3, 0.4) is 0 Å². The van der Waals surface area contributed by atoms with E-state index in [4.69, 9.17) is 10.6 Å². The monoisotopic (exact) mass is 524 g/mol. The maximum absolute atomic E-state index is 13.0. The van der Waals surface area contributed by atoms with Crippen molar-refractivity contribution in [3.63, 3.8) is 0 Å². The van der Waals surface area contributed by atoms with Gasteiger partial charge in [-0.1, -0.05) is 16.5 Å². The van der Waals surface area contributed by atoms with Crippen molar-refractivity contribution in [1.29, 1.82) is 0 Å². The van der Waals surface area contributed by atoms with Gasteiger partial charge in [0.1, 0.15) is 42.7 Å². The summed E-state index contributed by atoms with van der Waals surface area (Å²) in [4.78, 5) is 49.9. The highest BCUT2D eigenvalue weighted by atomic mass is 32.2. The summed E-state index contributed by atoms with van der Waals surface area (Å²) in [5.41, 5.74) is 6.33. The maximum atomic E-state index is 13.0. The molecule has 12 nitrogen and oxygen atoms in total. The Morgan fingerprint density at radius 3 is 2.82 bits per heavy atom. The quantitative estimate of drug-likeness (QED) is 0.185. The van der Waals surface area contributed by atoms with E-state index < -0.39 is 29.2 Å². The molecule has 2 aliphatic heterocycles. The van der Waals surface area contributed by atoms with Crippen LogP contribution in [0.5, 0.6) is 0 Å². The summed E-state index contributed by atoms with van der Waals surface area (Å²) < 4.78 is 1.94. The molecule has 0 spiro atoms. The zero-order chi connectivity index (χ0) is 24.6. The van der Waals surface area contributed by atoms with Crippen LogP contribution in [0.25, 0.3) is 0 Å². The number of β-lactam (4-membered cyclic amide) rings is 1. The van der Waals surface area contributed by atoms with Gasteiger partial charge in [0.25, 0.3) is 11.8 Å². The molecule has 2 atom stereocenters. The highest BCUT2D eigenvalue weighted by Crippen LogP contribution is 2.40. The normalized spacial score (nSPS) is 20.0. The lowest BCUT2D eigenvalue weighted by Crippen LogP contribution is -2.71. The third-order valence-corrected chi connectivity index (χ3v) is 8.29. The Balaban J connectivity index is 1.52. The zero-order valence-electron chi connectivity index (χ0n) is 18.4. The number of amides is 2. The smallest absolute Gasteiger partial charge is 0.352 e. The van der Waals surface area contributed by atoms with Gasteiger partial charge in [-0.25, -0.2) is 14.3 Å². The summed E-state index contributed by atoms with van der Waals surface area (Å²) in [6, 6.07) is -0.903. The minimum atomic E-state index is -1.18. The summed E-state index contributed by atoms with van der Waals surface area (Å²) in [6.45, 7) is 0.354. The molecule has 4 heterocycles. The Bertz CT molecular complexity index is 1210. The van der Waals surface area contributed by atoms with Crippen molar-refractivity contribution in [3.8, 4) is 0 Å². The van der Waals surface area contributed by atoms with Crippen molar-refractivity contribution in [2.24, 2.45) is 12.2 Å². The van der Waals surface area contributed by atoms with Gasteiger partial charge >= 0.3 is 11.1 Å². The number of aliphatic carboxylic acids is 1. The fourth-order valence-electron chi connectivity index (χ4n) is 3.75. The van der Waals surface area contributed by atoms with E-state index in [1.165, 1.54) is 35.1 Å². The fourth-order valence-corrected chi connectivity index (χ4v) is 6.47.